The van der Waals surface area contributed by atoms with E-state index in [9.17, 15) is 14.0 Å². The van der Waals surface area contributed by atoms with Crippen LogP contribution in [0.1, 0.15) is 44.9 Å². The van der Waals surface area contributed by atoms with E-state index in [0.29, 0.717) is 36.2 Å². The smallest absolute Gasteiger partial charge is 0.411 e. The average Bonchev–Trinajstić information content (AvgIpc) is 3.06. The third-order valence-corrected chi connectivity index (χ3v) is 5.83. The highest BCUT2D eigenvalue weighted by Crippen LogP contribution is 2.44. The SMILES string of the molecule is COC(=O)[C@@H]1C[C@@]2(CCc3c(c(C)nc4ccc(F)cc34)O2)CN1C(=O)OC(C)(C)C. The Kier molecular flexibility index (Phi) is 5.06. The maximum absolute atomic E-state index is 13.9. The van der Waals surface area contributed by atoms with Gasteiger partial charge in [0.15, 0.2) is 0 Å². The number of halogens is 1. The van der Waals surface area contributed by atoms with Crippen molar-refractivity contribution < 1.29 is 28.2 Å². The number of nitrogens with zero attached hydrogens (tertiary/aromatic N) is 2. The molecule has 4 rings (SSSR count). The molecule has 0 unspecified atom stereocenters. The lowest BCUT2D eigenvalue weighted by Gasteiger charge is -2.36. The Morgan fingerprint density at radius 2 is 2.06 bits per heavy atom. The molecule has 0 bridgehead atoms. The van der Waals surface area contributed by atoms with Crippen molar-refractivity contribution >= 4 is 23.0 Å². The van der Waals surface area contributed by atoms with Gasteiger partial charge in [-0.3, -0.25) is 4.90 Å². The van der Waals surface area contributed by atoms with E-state index in [1.807, 2.05) is 6.92 Å². The number of aryl methyl sites for hydroxylation is 2. The lowest BCUT2D eigenvalue weighted by Crippen LogP contribution is -2.46. The van der Waals surface area contributed by atoms with Crippen LogP contribution >= 0.6 is 0 Å². The molecule has 8 heteroatoms. The van der Waals surface area contributed by atoms with Crippen LogP contribution in [-0.4, -0.2) is 52.8 Å². The fraction of sp³-hybridized carbons (Fsp3) is 0.522. The van der Waals surface area contributed by atoms with Crippen molar-refractivity contribution in [3.05, 3.63) is 35.3 Å². The molecule has 3 heterocycles. The largest absolute Gasteiger partial charge is 0.483 e. The number of likely N-dealkylation sites (tertiary alicyclic amines) is 1. The van der Waals surface area contributed by atoms with E-state index in [4.69, 9.17) is 14.2 Å². The summed E-state index contributed by atoms with van der Waals surface area (Å²) in [7, 11) is 1.30. The first-order chi connectivity index (χ1) is 14.5. The predicted molar refractivity (Wildman–Crippen MR) is 111 cm³/mol. The van der Waals surface area contributed by atoms with E-state index in [-0.39, 0.29) is 12.4 Å². The van der Waals surface area contributed by atoms with Gasteiger partial charge in [-0.2, -0.15) is 0 Å². The molecule has 7 nitrogen and oxygen atoms in total. The first-order valence-electron chi connectivity index (χ1n) is 10.4. The molecule has 1 amide bonds. The van der Waals surface area contributed by atoms with Crippen LogP contribution < -0.4 is 4.74 Å². The van der Waals surface area contributed by atoms with Gasteiger partial charge in [0.2, 0.25) is 0 Å². The van der Waals surface area contributed by atoms with Crippen molar-refractivity contribution in [1.82, 2.24) is 9.88 Å². The van der Waals surface area contributed by atoms with E-state index < -0.39 is 29.3 Å². The molecule has 166 valence electrons. The molecule has 2 aliphatic heterocycles. The zero-order valence-electron chi connectivity index (χ0n) is 18.5. The second-order valence-corrected chi connectivity index (χ2v) is 9.30. The van der Waals surface area contributed by atoms with Crippen LogP contribution in [0.4, 0.5) is 9.18 Å². The van der Waals surface area contributed by atoms with Crippen molar-refractivity contribution in [1.29, 1.82) is 0 Å². The fourth-order valence-electron chi connectivity index (χ4n) is 4.49. The Morgan fingerprint density at radius 1 is 1.32 bits per heavy atom. The van der Waals surface area contributed by atoms with Gasteiger partial charge < -0.3 is 14.2 Å². The normalized spacial score (nSPS) is 22.9. The van der Waals surface area contributed by atoms with Crippen molar-refractivity contribution in [2.75, 3.05) is 13.7 Å². The van der Waals surface area contributed by atoms with Crippen LogP contribution in [0, 0.1) is 12.7 Å². The van der Waals surface area contributed by atoms with Gasteiger partial charge in [-0.25, -0.2) is 19.0 Å². The van der Waals surface area contributed by atoms with E-state index in [2.05, 4.69) is 4.98 Å². The quantitative estimate of drug-likeness (QED) is 0.638. The summed E-state index contributed by atoms with van der Waals surface area (Å²) in [6, 6.07) is 3.73. The summed E-state index contributed by atoms with van der Waals surface area (Å²) in [6.07, 6.45) is 0.903. The monoisotopic (exact) mass is 430 g/mol. The van der Waals surface area contributed by atoms with Crippen LogP contribution in [0.3, 0.4) is 0 Å². The summed E-state index contributed by atoms with van der Waals surface area (Å²) in [5.74, 6) is -0.241. The van der Waals surface area contributed by atoms with Crippen molar-refractivity contribution in [2.24, 2.45) is 0 Å². The molecule has 0 saturated carbocycles. The van der Waals surface area contributed by atoms with Crippen molar-refractivity contribution in [3.63, 3.8) is 0 Å². The molecule has 0 N–H and O–H groups in total. The van der Waals surface area contributed by atoms with Gasteiger partial charge in [-0.05, 0) is 58.7 Å². The molecule has 31 heavy (non-hydrogen) atoms. The fourth-order valence-corrected chi connectivity index (χ4v) is 4.49. The minimum atomic E-state index is -0.799. The molecule has 0 radical (unpaired) electrons. The summed E-state index contributed by atoms with van der Waals surface area (Å²) in [5.41, 5.74) is 0.843. The average molecular weight is 430 g/mol. The van der Waals surface area contributed by atoms with Crippen LogP contribution in [0.2, 0.25) is 0 Å². The maximum Gasteiger partial charge on any atom is 0.411 e. The molecule has 2 aliphatic rings. The molecule has 1 saturated heterocycles. The number of ether oxygens (including phenoxy) is 3. The zero-order valence-corrected chi connectivity index (χ0v) is 18.5. The van der Waals surface area contributed by atoms with E-state index >= 15 is 0 Å². The number of hydrogen-bond acceptors (Lipinski definition) is 6. The third-order valence-electron chi connectivity index (χ3n) is 5.83. The standard InChI is InChI=1S/C23H27FN2O5/c1-13-19-15(16-10-14(24)6-7-17(16)25-13)8-9-23(30-19)11-18(20(27)29-5)26(12-23)21(28)31-22(2,3)4/h6-7,10,18H,8-9,11-12H2,1-5H3/t18-,23-/m0/s1. The highest BCUT2D eigenvalue weighted by atomic mass is 19.1. The zero-order chi connectivity index (χ0) is 22.6. The summed E-state index contributed by atoms with van der Waals surface area (Å²) >= 11 is 0. The second-order valence-electron chi connectivity index (χ2n) is 9.30. The number of methoxy groups -OCH3 is 1. The number of aromatic nitrogens is 1. The molecular weight excluding hydrogens is 403 g/mol. The number of amides is 1. The maximum atomic E-state index is 13.9. The lowest BCUT2D eigenvalue weighted by molar-refractivity contribution is -0.145. The highest BCUT2D eigenvalue weighted by molar-refractivity contribution is 5.86. The third kappa shape index (κ3) is 3.91. The number of fused-ring (bicyclic) bond motifs is 3. The van der Waals surface area contributed by atoms with Gasteiger partial charge in [-0.1, -0.05) is 0 Å². The first-order valence-corrected chi connectivity index (χ1v) is 10.4. The van der Waals surface area contributed by atoms with E-state index in [1.165, 1.54) is 24.1 Å². The Balaban J connectivity index is 1.69. The Hall–Kier alpha value is -2.90. The van der Waals surface area contributed by atoms with Crippen LogP contribution in [0.25, 0.3) is 10.9 Å². The Labute approximate surface area is 180 Å². The number of carbonyl (C=O) groups excluding carboxylic acids is 2. The molecule has 1 spiro atoms. The van der Waals surface area contributed by atoms with Gasteiger partial charge in [-0.15, -0.1) is 0 Å². The Morgan fingerprint density at radius 3 is 2.74 bits per heavy atom. The summed E-state index contributed by atoms with van der Waals surface area (Å²) in [4.78, 5) is 31.3. The van der Waals surface area contributed by atoms with Crippen molar-refractivity contribution in [2.45, 2.75) is 64.2 Å². The van der Waals surface area contributed by atoms with Gasteiger partial charge >= 0.3 is 12.1 Å². The molecule has 1 aromatic carbocycles. The number of benzene rings is 1. The predicted octanol–water partition coefficient (Wildman–Crippen LogP) is 3.93. The minimum Gasteiger partial charge on any atom is -0.483 e. The van der Waals surface area contributed by atoms with E-state index in [0.717, 1.165) is 10.9 Å². The molecular formula is C23H27FN2O5. The lowest BCUT2D eigenvalue weighted by atomic mass is 9.87. The molecule has 2 atom stereocenters. The summed E-state index contributed by atoms with van der Waals surface area (Å²) in [5, 5.41) is 0.724. The summed E-state index contributed by atoms with van der Waals surface area (Å²) < 4.78 is 30.8. The molecule has 1 fully saturated rings. The molecule has 2 aromatic rings. The van der Waals surface area contributed by atoms with Crippen LogP contribution in [0.15, 0.2) is 18.2 Å². The number of pyridine rings is 1. The number of esters is 1. The minimum absolute atomic E-state index is 0.196. The molecule has 0 aliphatic carbocycles. The van der Waals surface area contributed by atoms with E-state index in [1.54, 1.807) is 26.8 Å². The van der Waals surface area contributed by atoms with Gasteiger partial charge in [0.25, 0.3) is 0 Å². The van der Waals surface area contributed by atoms with Crippen molar-refractivity contribution in [3.8, 4) is 5.75 Å². The second kappa shape index (κ2) is 7.35. The topological polar surface area (TPSA) is 78.0 Å². The number of carbonyl (C=O) groups is 2. The highest BCUT2D eigenvalue weighted by Gasteiger charge is 2.53. The number of hydrogen-bond donors (Lipinski definition) is 0. The van der Waals surface area contributed by atoms with Gasteiger partial charge in [0.05, 0.1) is 24.9 Å². The number of rotatable bonds is 1. The van der Waals surface area contributed by atoms with Crippen LogP contribution in [0.5, 0.6) is 5.75 Å². The first kappa shape index (κ1) is 21.3. The summed E-state index contributed by atoms with van der Waals surface area (Å²) in [6.45, 7) is 7.37. The van der Waals surface area contributed by atoms with Crippen LogP contribution in [-0.2, 0) is 20.7 Å². The molecule has 1 aromatic heterocycles. The Bertz CT molecular complexity index is 1060. The van der Waals surface area contributed by atoms with Gasteiger partial charge in [0.1, 0.15) is 28.8 Å². The van der Waals surface area contributed by atoms with Gasteiger partial charge in [0, 0.05) is 17.4 Å².